The molecule has 0 aromatic heterocycles. The fourth-order valence-electron chi connectivity index (χ4n) is 1.30. The summed E-state index contributed by atoms with van der Waals surface area (Å²) >= 11 is 0. The van der Waals surface area contributed by atoms with Crippen LogP contribution >= 0.6 is 7.82 Å². The molecule has 10 nitrogen and oxygen atoms in total. The number of aliphatic hydroxyl groups is 4. The van der Waals surface area contributed by atoms with Crippen LogP contribution in [0, 0.1) is 0 Å². The van der Waals surface area contributed by atoms with Crippen LogP contribution in [-0.2, 0) is 13.8 Å². The Hall–Kier alpha value is 1.87. The van der Waals surface area contributed by atoms with Crippen molar-refractivity contribution in [2.45, 2.75) is 24.1 Å². The molecule has 0 amide bonds. The predicted molar refractivity (Wildman–Crippen MR) is 46.1 cm³/mol. The molecule has 1 saturated heterocycles. The van der Waals surface area contributed by atoms with E-state index in [1.807, 2.05) is 0 Å². The molecule has 0 aromatic carbocycles. The molecular weight excluding hydrogens is 309 g/mol. The zero-order chi connectivity index (χ0) is 12.6. The fraction of sp³-hybridized carbons (Fsp3) is 1.00. The van der Waals surface area contributed by atoms with Crippen LogP contribution < -0.4 is 68.9 Å². The number of hydrogen-bond donors (Lipinski definition) is 4. The Kier molecular flexibility index (Phi) is 13.3. The van der Waals surface area contributed by atoms with Gasteiger partial charge in [-0.25, -0.2) is 0 Å². The molecule has 1 fully saturated rings. The van der Waals surface area contributed by atoms with Crippen molar-refractivity contribution in [2.75, 3.05) is 13.2 Å². The maximum atomic E-state index is 10.1. The van der Waals surface area contributed by atoms with Crippen LogP contribution in [0.1, 0.15) is 0 Å². The van der Waals surface area contributed by atoms with Crippen molar-refractivity contribution in [3.05, 3.63) is 0 Å². The van der Waals surface area contributed by atoms with Gasteiger partial charge in [-0.1, -0.05) is 0 Å². The molecule has 0 spiro atoms. The van der Waals surface area contributed by atoms with E-state index in [0.29, 0.717) is 0 Å². The van der Waals surface area contributed by atoms with Gasteiger partial charge in [0.2, 0.25) is 5.79 Å². The molecule has 6 N–H and O–H groups in total. The number of phosphoric acid groups is 1. The smallest absolute Gasteiger partial charge is 0.790 e. The van der Waals surface area contributed by atoms with Crippen molar-refractivity contribution in [1.29, 1.82) is 0 Å². The Balaban J connectivity index is -0.000000853. The van der Waals surface area contributed by atoms with Crippen LogP contribution in [0.5, 0.6) is 0 Å². The zero-order valence-electron chi connectivity index (χ0n) is 10.4. The third-order valence-electron chi connectivity index (χ3n) is 2.15. The van der Waals surface area contributed by atoms with E-state index in [-0.39, 0.29) is 64.6 Å². The van der Waals surface area contributed by atoms with Crippen molar-refractivity contribution in [1.82, 2.24) is 0 Å². The molecule has 1 aliphatic heterocycles. The van der Waals surface area contributed by atoms with Gasteiger partial charge in [0.25, 0.3) is 0 Å². The first-order valence-corrected chi connectivity index (χ1v) is 5.69. The standard InChI is InChI=1S/C6H13O9P.2Na.H2O/c7-2-6(10)5(9)4(8)3(15-6)1-14-16(11,12)13;;;/h3-5,7-10H,1-2H2,(H2,11,12,13);;;1H2/q;2*+1;/p-2/t3-,4-,5+,6-;;;/m1.../s1. The monoisotopic (exact) mass is 322 g/mol. The van der Waals surface area contributed by atoms with E-state index in [9.17, 15) is 29.7 Å². The van der Waals surface area contributed by atoms with Crippen molar-refractivity contribution in [2.24, 2.45) is 0 Å². The summed E-state index contributed by atoms with van der Waals surface area (Å²) in [5.41, 5.74) is 0. The van der Waals surface area contributed by atoms with E-state index in [1.54, 1.807) is 0 Å². The summed E-state index contributed by atoms with van der Waals surface area (Å²) in [5.74, 6) is -2.40. The van der Waals surface area contributed by atoms with Gasteiger partial charge in [0.05, 0.1) is 21.0 Å². The number of aliphatic hydroxyl groups excluding tert-OH is 3. The van der Waals surface area contributed by atoms with Crippen molar-refractivity contribution in [3.63, 3.8) is 0 Å². The predicted octanol–water partition coefficient (Wildman–Crippen LogP) is -11.2. The van der Waals surface area contributed by atoms with Gasteiger partial charge in [0, 0.05) is 0 Å². The SMILES string of the molecule is O.O=P([O-])([O-])OC[C@H]1O[C@](O)(CO)[C@@H](O)[C@@H]1O.[Na+].[Na+]. The maximum absolute atomic E-state index is 10.1. The van der Waals surface area contributed by atoms with Gasteiger partial charge in [-0.3, -0.25) is 0 Å². The average molecular weight is 322 g/mol. The molecule has 104 valence electrons. The molecule has 0 saturated carbocycles. The minimum atomic E-state index is -5.23. The third kappa shape index (κ3) is 7.11. The average Bonchev–Trinajstić information content (AvgIpc) is 2.40. The first kappa shape index (κ1) is 25.8. The van der Waals surface area contributed by atoms with Crippen molar-refractivity contribution in [3.8, 4) is 0 Å². The summed E-state index contributed by atoms with van der Waals surface area (Å²) in [5, 5.41) is 36.6. The molecule has 13 heteroatoms. The van der Waals surface area contributed by atoms with E-state index in [4.69, 9.17) is 5.11 Å². The topological polar surface area (TPSA) is 194 Å². The molecule has 4 atom stereocenters. The molecule has 0 radical (unpaired) electrons. The molecule has 0 bridgehead atoms. The van der Waals surface area contributed by atoms with E-state index in [0.717, 1.165) is 0 Å². The quantitative estimate of drug-likeness (QED) is 0.287. The van der Waals surface area contributed by atoms with Gasteiger partial charge >= 0.3 is 59.1 Å². The Morgan fingerprint density at radius 2 is 1.79 bits per heavy atom. The van der Waals surface area contributed by atoms with Gasteiger partial charge in [-0.15, -0.1) is 0 Å². The maximum Gasteiger partial charge on any atom is 1.00 e. The minimum absolute atomic E-state index is 0. The van der Waals surface area contributed by atoms with Gasteiger partial charge < -0.3 is 49.5 Å². The molecule has 0 unspecified atom stereocenters. The Labute approximate surface area is 152 Å². The first-order chi connectivity index (χ1) is 7.19. The van der Waals surface area contributed by atoms with Crippen molar-refractivity contribution < 1.29 is 109 Å². The Bertz CT molecular complexity index is 300. The van der Waals surface area contributed by atoms with Gasteiger partial charge in [-0.05, 0) is 0 Å². The second kappa shape index (κ2) is 9.80. The van der Waals surface area contributed by atoms with Crippen LogP contribution in [0.15, 0.2) is 0 Å². The van der Waals surface area contributed by atoms with Gasteiger partial charge in [-0.2, -0.15) is 0 Å². The van der Waals surface area contributed by atoms with Crippen LogP contribution in [0.25, 0.3) is 0 Å². The van der Waals surface area contributed by atoms with Gasteiger partial charge in [0.15, 0.2) is 0 Å². The molecule has 0 aromatic rings. The second-order valence-electron chi connectivity index (χ2n) is 3.34. The number of rotatable bonds is 4. The molecule has 19 heavy (non-hydrogen) atoms. The van der Waals surface area contributed by atoms with Crippen molar-refractivity contribution >= 4 is 7.82 Å². The number of phosphoric ester groups is 1. The zero-order valence-corrected chi connectivity index (χ0v) is 15.3. The number of hydrogen-bond acceptors (Lipinski definition) is 9. The summed E-state index contributed by atoms with van der Waals surface area (Å²) in [6, 6.07) is 0. The Morgan fingerprint density at radius 3 is 2.11 bits per heavy atom. The summed E-state index contributed by atoms with van der Waals surface area (Å²) in [6.45, 7) is -1.86. The molecule has 1 aliphatic rings. The second-order valence-corrected chi connectivity index (χ2v) is 4.49. The van der Waals surface area contributed by atoms with E-state index in [1.165, 1.54) is 0 Å². The molecule has 1 heterocycles. The van der Waals surface area contributed by atoms with E-state index < -0.39 is 45.1 Å². The molecule has 1 rings (SSSR count). The van der Waals surface area contributed by atoms with E-state index >= 15 is 0 Å². The summed E-state index contributed by atoms with van der Waals surface area (Å²) in [6.07, 6.45) is -4.93. The minimum Gasteiger partial charge on any atom is -0.790 e. The third-order valence-corrected chi connectivity index (χ3v) is 2.61. The summed E-state index contributed by atoms with van der Waals surface area (Å²) in [4.78, 5) is 20.3. The van der Waals surface area contributed by atoms with Crippen LogP contribution in [-0.4, -0.2) is 63.2 Å². The largest absolute Gasteiger partial charge is 1.00 e. The Morgan fingerprint density at radius 1 is 1.32 bits per heavy atom. The van der Waals surface area contributed by atoms with E-state index in [2.05, 4.69) is 9.26 Å². The summed E-state index contributed by atoms with van der Waals surface area (Å²) < 4.78 is 18.6. The van der Waals surface area contributed by atoms with Crippen LogP contribution in [0.2, 0.25) is 0 Å². The molecule has 0 aliphatic carbocycles. The normalized spacial score (nSPS) is 33.9. The van der Waals surface area contributed by atoms with Gasteiger partial charge in [0.1, 0.15) is 18.3 Å². The first-order valence-electron chi connectivity index (χ1n) is 4.23. The molecular formula is C6H13Na2O10P. The van der Waals surface area contributed by atoms with Crippen LogP contribution in [0.4, 0.5) is 0 Å². The number of ether oxygens (including phenoxy) is 1. The summed E-state index contributed by atoms with van der Waals surface area (Å²) in [7, 11) is -5.23. The van der Waals surface area contributed by atoms with Crippen LogP contribution in [0.3, 0.4) is 0 Å². The fourth-order valence-corrected chi connectivity index (χ4v) is 1.63.